The summed E-state index contributed by atoms with van der Waals surface area (Å²) in [5.74, 6) is 0.0203. The summed E-state index contributed by atoms with van der Waals surface area (Å²) >= 11 is 0. The molecular weight excluding hydrogens is 188 g/mol. The Kier molecular flexibility index (Phi) is 3.13. The molecule has 7 nitrogen and oxygen atoms in total. The van der Waals surface area contributed by atoms with E-state index in [9.17, 15) is 4.79 Å². The van der Waals surface area contributed by atoms with Gasteiger partial charge >= 0.3 is 5.97 Å². The highest BCUT2D eigenvalue weighted by molar-refractivity contribution is 5.78. The molecule has 1 N–H and O–H groups in total. The third-order valence-corrected chi connectivity index (χ3v) is 1.64. The van der Waals surface area contributed by atoms with Crippen molar-refractivity contribution in [3.8, 4) is 0 Å². The van der Waals surface area contributed by atoms with Gasteiger partial charge in [0.05, 0.1) is 7.11 Å². The summed E-state index contributed by atoms with van der Waals surface area (Å²) in [6.45, 7) is 3.36. The molecule has 0 unspecified atom stereocenters. The molecule has 1 rings (SSSR count). The number of tetrazole rings is 1. The van der Waals surface area contributed by atoms with Gasteiger partial charge in [-0.05, 0) is 24.3 Å². The van der Waals surface area contributed by atoms with Crippen LogP contribution in [0.3, 0.4) is 0 Å². The number of aromatic amines is 1. The van der Waals surface area contributed by atoms with Gasteiger partial charge in [0, 0.05) is 0 Å². The molecule has 1 heterocycles. The Morgan fingerprint density at radius 2 is 2.29 bits per heavy atom. The Hall–Kier alpha value is -1.50. The first kappa shape index (κ1) is 10.6. The van der Waals surface area contributed by atoms with Crippen LogP contribution in [0.25, 0.3) is 0 Å². The molecule has 14 heavy (non-hydrogen) atoms. The molecule has 0 saturated heterocycles. The summed E-state index contributed by atoms with van der Waals surface area (Å²) in [5, 5.41) is 12.9. The smallest absolute Gasteiger partial charge is 0.337 e. The average Bonchev–Trinajstić information content (AvgIpc) is 2.66. The van der Waals surface area contributed by atoms with Crippen molar-refractivity contribution in [3.05, 3.63) is 5.82 Å². The number of methoxy groups -OCH3 is 1. The van der Waals surface area contributed by atoms with Gasteiger partial charge in [0.25, 0.3) is 0 Å². The lowest BCUT2D eigenvalue weighted by molar-refractivity contribution is -0.166. The third kappa shape index (κ3) is 2.49. The number of H-pyrrole nitrogens is 1. The molecule has 0 spiro atoms. The molecule has 0 bridgehead atoms. The van der Waals surface area contributed by atoms with Crippen molar-refractivity contribution >= 4 is 5.97 Å². The van der Waals surface area contributed by atoms with Gasteiger partial charge < -0.3 is 9.47 Å². The summed E-state index contributed by atoms with van der Waals surface area (Å²) in [6, 6.07) is 0. The molecule has 0 atom stereocenters. The van der Waals surface area contributed by atoms with E-state index in [-0.39, 0.29) is 6.61 Å². The predicted molar refractivity (Wildman–Crippen MR) is 45.1 cm³/mol. The normalized spacial score (nSPS) is 11.4. The lowest BCUT2D eigenvalue weighted by Gasteiger charge is -2.20. The minimum atomic E-state index is -0.998. The molecule has 78 valence electrons. The van der Waals surface area contributed by atoms with Crippen LogP contribution in [-0.2, 0) is 20.9 Å². The van der Waals surface area contributed by atoms with Gasteiger partial charge in [-0.3, -0.25) is 0 Å². The highest BCUT2D eigenvalue weighted by atomic mass is 16.6. The van der Waals surface area contributed by atoms with Crippen LogP contribution in [0, 0.1) is 0 Å². The minimum Gasteiger partial charge on any atom is -0.467 e. The first-order valence-electron chi connectivity index (χ1n) is 4.01. The van der Waals surface area contributed by atoms with Crippen LogP contribution in [0.2, 0.25) is 0 Å². The van der Waals surface area contributed by atoms with Crippen molar-refractivity contribution < 1.29 is 14.3 Å². The lowest BCUT2D eigenvalue weighted by atomic mass is 10.1. The lowest BCUT2D eigenvalue weighted by Crippen LogP contribution is -2.36. The summed E-state index contributed by atoms with van der Waals surface area (Å²) in [7, 11) is 1.31. The Labute approximate surface area is 80.8 Å². The maximum absolute atomic E-state index is 11.2. The average molecular weight is 200 g/mol. The maximum atomic E-state index is 11.2. The fourth-order valence-corrected chi connectivity index (χ4v) is 0.793. The Bertz CT molecular complexity index is 296. The van der Waals surface area contributed by atoms with Gasteiger partial charge in [-0.2, -0.15) is 0 Å². The summed E-state index contributed by atoms with van der Waals surface area (Å²) in [6.07, 6.45) is 0. The molecule has 1 aromatic heterocycles. The molecule has 0 fully saturated rings. The van der Waals surface area contributed by atoms with E-state index in [2.05, 4.69) is 25.4 Å². The van der Waals surface area contributed by atoms with Crippen LogP contribution < -0.4 is 0 Å². The fourth-order valence-electron chi connectivity index (χ4n) is 0.793. The molecule has 0 amide bonds. The largest absolute Gasteiger partial charge is 0.467 e. The number of carbonyl (C=O) groups is 1. The van der Waals surface area contributed by atoms with Crippen molar-refractivity contribution in [1.82, 2.24) is 20.6 Å². The second-order valence-electron chi connectivity index (χ2n) is 3.14. The number of nitrogens with zero attached hydrogens (tertiary/aromatic N) is 3. The predicted octanol–water partition coefficient (Wildman–Crippen LogP) is -0.332. The Morgan fingerprint density at radius 3 is 2.79 bits per heavy atom. The second kappa shape index (κ2) is 4.14. The molecule has 7 heteroatoms. The van der Waals surface area contributed by atoms with Crippen LogP contribution in [-0.4, -0.2) is 39.3 Å². The third-order valence-electron chi connectivity index (χ3n) is 1.64. The molecular formula is C7H12N4O3. The molecule has 0 aliphatic carbocycles. The number of carbonyl (C=O) groups excluding carboxylic acids is 1. The molecule has 0 aliphatic heterocycles. The number of nitrogens with one attached hydrogen (secondary N) is 1. The standard InChI is InChI=1S/C7H12N4O3/c1-7(2,6(12)13-3)14-4-5-8-10-11-9-5/h4H2,1-3H3,(H,8,9,10,11). The van der Waals surface area contributed by atoms with Crippen molar-refractivity contribution in [3.63, 3.8) is 0 Å². The van der Waals surface area contributed by atoms with E-state index in [1.807, 2.05) is 0 Å². The van der Waals surface area contributed by atoms with Crippen LogP contribution in [0.5, 0.6) is 0 Å². The summed E-state index contributed by atoms with van der Waals surface area (Å²) in [4.78, 5) is 11.2. The van der Waals surface area contributed by atoms with Crippen molar-refractivity contribution in [2.75, 3.05) is 7.11 Å². The van der Waals surface area contributed by atoms with Gasteiger partial charge in [-0.1, -0.05) is 0 Å². The number of rotatable bonds is 4. The van der Waals surface area contributed by atoms with E-state index >= 15 is 0 Å². The van der Waals surface area contributed by atoms with E-state index in [4.69, 9.17) is 4.74 Å². The highest BCUT2D eigenvalue weighted by Crippen LogP contribution is 2.12. The van der Waals surface area contributed by atoms with Crippen LogP contribution in [0.15, 0.2) is 0 Å². The van der Waals surface area contributed by atoms with E-state index in [1.165, 1.54) is 7.11 Å². The van der Waals surface area contributed by atoms with Crippen molar-refractivity contribution in [1.29, 1.82) is 0 Å². The molecule has 1 aromatic rings. The summed E-state index contributed by atoms with van der Waals surface area (Å²) in [5.41, 5.74) is -0.998. The first-order chi connectivity index (χ1) is 6.56. The number of ether oxygens (including phenoxy) is 2. The quantitative estimate of drug-likeness (QED) is 0.669. The topological polar surface area (TPSA) is 90.0 Å². The zero-order chi connectivity index (χ0) is 10.6. The Balaban J connectivity index is 2.48. The first-order valence-corrected chi connectivity index (χ1v) is 4.01. The maximum Gasteiger partial charge on any atom is 0.337 e. The SMILES string of the molecule is COC(=O)C(C)(C)OCc1nnn[nH]1. The van der Waals surface area contributed by atoms with Crippen LogP contribution in [0.1, 0.15) is 19.7 Å². The number of esters is 1. The fraction of sp³-hybridized carbons (Fsp3) is 0.714. The Morgan fingerprint density at radius 1 is 1.57 bits per heavy atom. The van der Waals surface area contributed by atoms with E-state index in [0.717, 1.165) is 0 Å². The number of aromatic nitrogens is 4. The van der Waals surface area contributed by atoms with Gasteiger partial charge in [0.1, 0.15) is 6.61 Å². The van der Waals surface area contributed by atoms with Crippen LogP contribution >= 0.6 is 0 Å². The molecule has 0 aliphatic rings. The molecule has 0 saturated carbocycles. The zero-order valence-corrected chi connectivity index (χ0v) is 8.27. The monoisotopic (exact) mass is 200 g/mol. The van der Waals surface area contributed by atoms with Crippen molar-refractivity contribution in [2.45, 2.75) is 26.1 Å². The number of hydrogen-bond acceptors (Lipinski definition) is 6. The van der Waals surface area contributed by atoms with Gasteiger partial charge in [-0.15, -0.1) is 5.10 Å². The van der Waals surface area contributed by atoms with Crippen molar-refractivity contribution in [2.24, 2.45) is 0 Å². The highest BCUT2D eigenvalue weighted by Gasteiger charge is 2.29. The number of hydrogen-bond donors (Lipinski definition) is 1. The second-order valence-corrected chi connectivity index (χ2v) is 3.14. The summed E-state index contributed by atoms with van der Waals surface area (Å²) < 4.78 is 9.84. The molecule has 0 radical (unpaired) electrons. The van der Waals surface area contributed by atoms with Gasteiger partial charge in [0.15, 0.2) is 11.4 Å². The minimum absolute atomic E-state index is 0.134. The van der Waals surface area contributed by atoms with Crippen LogP contribution in [0.4, 0.5) is 0 Å². The molecule has 0 aromatic carbocycles. The van der Waals surface area contributed by atoms with E-state index < -0.39 is 11.6 Å². The van der Waals surface area contributed by atoms with Gasteiger partial charge in [0.2, 0.25) is 0 Å². The van der Waals surface area contributed by atoms with Gasteiger partial charge in [-0.25, -0.2) is 9.89 Å². The van der Waals surface area contributed by atoms with E-state index in [1.54, 1.807) is 13.8 Å². The van der Waals surface area contributed by atoms with E-state index in [0.29, 0.717) is 5.82 Å². The zero-order valence-electron chi connectivity index (χ0n) is 8.27.